The summed E-state index contributed by atoms with van der Waals surface area (Å²) >= 11 is 0. The van der Waals surface area contributed by atoms with Gasteiger partial charge in [0.05, 0.1) is 11.1 Å². The van der Waals surface area contributed by atoms with Gasteiger partial charge in [-0.05, 0) is 69.9 Å². The van der Waals surface area contributed by atoms with Crippen molar-refractivity contribution in [1.82, 2.24) is 14.7 Å². The fraction of sp³-hybridized carbons (Fsp3) is 0.600. The van der Waals surface area contributed by atoms with Gasteiger partial charge in [-0.2, -0.15) is 0 Å². The maximum atomic E-state index is 12.4. The van der Waals surface area contributed by atoms with E-state index in [2.05, 4.69) is 9.80 Å². The first-order valence-electron chi connectivity index (χ1n) is 9.62. The van der Waals surface area contributed by atoms with Crippen molar-refractivity contribution < 1.29 is 9.59 Å². The van der Waals surface area contributed by atoms with E-state index in [0.29, 0.717) is 17.7 Å². The van der Waals surface area contributed by atoms with Crippen LogP contribution in [-0.4, -0.2) is 72.3 Å². The van der Waals surface area contributed by atoms with Gasteiger partial charge in [-0.15, -0.1) is 0 Å². The maximum absolute atomic E-state index is 12.4. The third-order valence-electron chi connectivity index (χ3n) is 5.94. The highest BCUT2D eigenvalue weighted by atomic mass is 16.2. The normalized spacial score (nSPS) is 22.8. The smallest absolute Gasteiger partial charge is 0.261 e. The maximum Gasteiger partial charge on any atom is 0.261 e. The third kappa shape index (κ3) is 3.48. The molecule has 0 radical (unpaired) electrons. The molecule has 2 fully saturated rings. The summed E-state index contributed by atoms with van der Waals surface area (Å²) in [4.78, 5) is 31.2. The molecule has 0 aliphatic carbocycles. The van der Waals surface area contributed by atoms with E-state index in [1.165, 1.54) is 50.2 Å². The standard InChI is InChI=1S/C20H27N3O2/c24-19-17-5-1-2-6-18(17)20(25)23(19)14-13-21-11-7-16(8-12-21)15-22-9-3-4-10-22/h1-2,5-6,16H,3-4,7-15H2. The van der Waals surface area contributed by atoms with E-state index in [-0.39, 0.29) is 11.8 Å². The SMILES string of the molecule is O=C1c2ccccc2C(=O)N1CCN1CCC(CN2CCCC2)CC1. The van der Waals surface area contributed by atoms with Gasteiger partial charge in [0.25, 0.3) is 11.8 Å². The van der Waals surface area contributed by atoms with Crippen molar-refractivity contribution in [3.05, 3.63) is 35.4 Å². The quantitative estimate of drug-likeness (QED) is 0.769. The van der Waals surface area contributed by atoms with E-state index in [1.54, 1.807) is 12.1 Å². The Balaban J connectivity index is 1.25. The number of nitrogens with zero attached hydrogens (tertiary/aromatic N) is 3. The summed E-state index contributed by atoms with van der Waals surface area (Å²) < 4.78 is 0. The molecule has 5 nitrogen and oxygen atoms in total. The zero-order valence-corrected chi connectivity index (χ0v) is 14.8. The number of fused-ring (bicyclic) bond motifs is 1. The van der Waals surface area contributed by atoms with Crippen molar-refractivity contribution >= 4 is 11.8 Å². The molecular formula is C20H27N3O2. The molecule has 1 aromatic rings. The Morgan fingerprint density at radius 3 is 2.00 bits per heavy atom. The molecule has 0 aromatic heterocycles. The first-order valence-corrected chi connectivity index (χ1v) is 9.62. The molecule has 0 bridgehead atoms. The minimum atomic E-state index is -0.135. The van der Waals surface area contributed by atoms with Gasteiger partial charge in [-0.1, -0.05) is 12.1 Å². The molecule has 0 N–H and O–H groups in total. The number of hydrogen-bond donors (Lipinski definition) is 0. The van der Waals surface area contributed by atoms with E-state index < -0.39 is 0 Å². The Kier molecular flexibility index (Phi) is 4.86. The fourth-order valence-corrected chi connectivity index (χ4v) is 4.41. The molecule has 1 aromatic carbocycles. The van der Waals surface area contributed by atoms with Crippen LogP contribution in [0.4, 0.5) is 0 Å². The summed E-state index contributed by atoms with van der Waals surface area (Å²) in [6.07, 6.45) is 5.19. The number of piperidine rings is 1. The van der Waals surface area contributed by atoms with Gasteiger partial charge in [0.1, 0.15) is 0 Å². The predicted molar refractivity (Wildman–Crippen MR) is 96.6 cm³/mol. The number of carbonyl (C=O) groups is 2. The van der Waals surface area contributed by atoms with Gasteiger partial charge >= 0.3 is 0 Å². The molecule has 4 rings (SSSR count). The highest BCUT2D eigenvalue weighted by Crippen LogP contribution is 2.23. The Bertz CT molecular complexity index is 611. The van der Waals surface area contributed by atoms with Gasteiger partial charge in [-0.25, -0.2) is 0 Å². The van der Waals surface area contributed by atoms with Crippen LogP contribution < -0.4 is 0 Å². The second-order valence-electron chi connectivity index (χ2n) is 7.60. The summed E-state index contributed by atoms with van der Waals surface area (Å²) in [5, 5.41) is 0. The van der Waals surface area contributed by atoms with Crippen molar-refractivity contribution in [1.29, 1.82) is 0 Å². The molecule has 5 heteroatoms. The van der Waals surface area contributed by atoms with Gasteiger partial charge in [0, 0.05) is 19.6 Å². The molecule has 134 valence electrons. The highest BCUT2D eigenvalue weighted by Gasteiger charge is 2.35. The number of amides is 2. The van der Waals surface area contributed by atoms with Crippen LogP contribution in [0.25, 0.3) is 0 Å². The molecule has 25 heavy (non-hydrogen) atoms. The topological polar surface area (TPSA) is 43.9 Å². The monoisotopic (exact) mass is 341 g/mol. The third-order valence-corrected chi connectivity index (χ3v) is 5.94. The van der Waals surface area contributed by atoms with Crippen molar-refractivity contribution in [3.8, 4) is 0 Å². The summed E-state index contributed by atoms with van der Waals surface area (Å²) in [6.45, 7) is 7.28. The number of hydrogen-bond acceptors (Lipinski definition) is 4. The Labute approximate surface area is 149 Å². The van der Waals surface area contributed by atoms with Crippen molar-refractivity contribution in [2.45, 2.75) is 25.7 Å². The lowest BCUT2D eigenvalue weighted by Gasteiger charge is -2.34. The molecule has 3 heterocycles. The highest BCUT2D eigenvalue weighted by molar-refractivity contribution is 6.21. The second-order valence-corrected chi connectivity index (χ2v) is 7.60. The first kappa shape index (κ1) is 16.7. The number of carbonyl (C=O) groups excluding carboxylic acids is 2. The van der Waals surface area contributed by atoms with Gasteiger partial charge in [-0.3, -0.25) is 14.5 Å². The number of likely N-dealkylation sites (tertiary alicyclic amines) is 2. The summed E-state index contributed by atoms with van der Waals surface area (Å²) in [7, 11) is 0. The van der Waals surface area contributed by atoms with Crippen LogP contribution in [0.2, 0.25) is 0 Å². The Morgan fingerprint density at radius 2 is 1.40 bits per heavy atom. The largest absolute Gasteiger partial charge is 0.303 e. The predicted octanol–water partition coefficient (Wildman–Crippen LogP) is 2.09. The van der Waals surface area contributed by atoms with E-state index in [9.17, 15) is 9.59 Å². The van der Waals surface area contributed by atoms with Crippen molar-refractivity contribution in [2.24, 2.45) is 5.92 Å². The van der Waals surface area contributed by atoms with Gasteiger partial charge in [0.2, 0.25) is 0 Å². The van der Waals surface area contributed by atoms with Gasteiger partial charge < -0.3 is 9.80 Å². The van der Waals surface area contributed by atoms with Crippen molar-refractivity contribution in [2.75, 3.05) is 45.8 Å². The molecule has 3 aliphatic heterocycles. The molecule has 2 amide bonds. The lowest BCUT2D eigenvalue weighted by atomic mass is 9.96. The molecule has 0 unspecified atom stereocenters. The van der Waals surface area contributed by atoms with E-state index >= 15 is 0 Å². The lowest BCUT2D eigenvalue weighted by molar-refractivity contribution is 0.0622. The minimum absolute atomic E-state index is 0.135. The fourth-order valence-electron chi connectivity index (χ4n) is 4.41. The average Bonchev–Trinajstić information content (AvgIpc) is 3.23. The Hall–Kier alpha value is -1.72. The second kappa shape index (κ2) is 7.26. The molecule has 3 aliphatic rings. The van der Waals surface area contributed by atoms with Crippen LogP contribution in [-0.2, 0) is 0 Å². The minimum Gasteiger partial charge on any atom is -0.303 e. The zero-order chi connectivity index (χ0) is 17.2. The van der Waals surface area contributed by atoms with Crippen LogP contribution >= 0.6 is 0 Å². The Morgan fingerprint density at radius 1 is 0.800 bits per heavy atom. The average molecular weight is 341 g/mol. The van der Waals surface area contributed by atoms with E-state index in [0.717, 1.165) is 25.6 Å². The molecule has 0 spiro atoms. The van der Waals surface area contributed by atoms with E-state index in [1.807, 2.05) is 12.1 Å². The zero-order valence-electron chi connectivity index (χ0n) is 14.8. The number of imide groups is 1. The molecular weight excluding hydrogens is 314 g/mol. The molecule has 0 saturated carbocycles. The van der Waals surface area contributed by atoms with Crippen molar-refractivity contribution in [3.63, 3.8) is 0 Å². The van der Waals surface area contributed by atoms with Crippen LogP contribution in [0.1, 0.15) is 46.4 Å². The van der Waals surface area contributed by atoms with Crippen LogP contribution in [0, 0.1) is 5.92 Å². The van der Waals surface area contributed by atoms with Gasteiger partial charge in [0.15, 0.2) is 0 Å². The number of rotatable bonds is 5. The first-order chi connectivity index (χ1) is 12.2. The van der Waals surface area contributed by atoms with Crippen LogP contribution in [0.5, 0.6) is 0 Å². The summed E-state index contributed by atoms with van der Waals surface area (Å²) in [6, 6.07) is 7.14. The summed E-state index contributed by atoms with van der Waals surface area (Å²) in [5.74, 6) is 0.544. The lowest BCUT2D eigenvalue weighted by Crippen LogP contribution is -2.43. The van der Waals surface area contributed by atoms with E-state index in [4.69, 9.17) is 0 Å². The molecule has 0 atom stereocenters. The summed E-state index contributed by atoms with van der Waals surface area (Å²) in [5.41, 5.74) is 1.11. The number of benzene rings is 1. The molecule has 2 saturated heterocycles. The van der Waals surface area contributed by atoms with Crippen LogP contribution in [0.15, 0.2) is 24.3 Å². The van der Waals surface area contributed by atoms with Crippen LogP contribution in [0.3, 0.4) is 0 Å².